The molecule has 0 aliphatic heterocycles. The molecular formula is C22H28N2O3. The number of hydrogen-bond acceptors (Lipinski definition) is 3. The van der Waals surface area contributed by atoms with Crippen LogP contribution in [0.2, 0.25) is 0 Å². The third kappa shape index (κ3) is 7.13. The molecule has 5 heteroatoms. The Bertz CT molecular complexity index is 767. The molecule has 0 unspecified atom stereocenters. The maximum Gasteiger partial charge on any atom is 0.251 e. The molecule has 0 atom stereocenters. The summed E-state index contributed by atoms with van der Waals surface area (Å²) in [5, 5.41) is 5.47. The SMILES string of the molecule is CCCCOc1cccc(CNC(=O)CNC(=O)c2cc(C)cc(C)c2)c1. The second-order valence-electron chi connectivity index (χ2n) is 6.69. The van der Waals surface area contributed by atoms with E-state index in [4.69, 9.17) is 4.74 Å². The van der Waals surface area contributed by atoms with Crippen molar-refractivity contribution >= 4 is 11.8 Å². The van der Waals surface area contributed by atoms with Gasteiger partial charge in [0.1, 0.15) is 5.75 Å². The van der Waals surface area contributed by atoms with Crippen molar-refractivity contribution in [2.24, 2.45) is 0 Å². The zero-order valence-corrected chi connectivity index (χ0v) is 16.3. The van der Waals surface area contributed by atoms with E-state index in [1.807, 2.05) is 56.3 Å². The third-order valence-corrected chi connectivity index (χ3v) is 4.05. The third-order valence-electron chi connectivity index (χ3n) is 4.05. The van der Waals surface area contributed by atoms with Gasteiger partial charge in [-0.3, -0.25) is 9.59 Å². The van der Waals surface area contributed by atoms with Crippen molar-refractivity contribution in [1.29, 1.82) is 0 Å². The number of rotatable bonds is 9. The second-order valence-corrected chi connectivity index (χ2v) is 6.69. The summed E-state index contributed by atoms with van der Waals surface area (Å²) in [6.07, 6.45) is 2.10. The highest BCUT2D eigenvalue weighted by Gasteiger charge is 2.09. The van der Waals surface area contributed by atoms with Gasteiger partial charge in [0.25, 0.3) is 5.91 Å². The first-order valence-electron chi connectivity index (χ1n) is 9.33. The standard InChI is InChI=1S/C22H28N2O3/c1-4-5-9-27-20-8-6-7-18(13-20)14-23-21(25)15-24-22(26)19-11-16(2)10-17(3)12-19/h6-8,10-13H,4-5,9,14-15H2,1-3H3,(H,23,25)(H,24,26). The number of benzene rings is 2. The normalized spacial score (nSPS) is 10.3. The van der Waals surface area contributed by atoms with Crippen LogP contribution in [-0.4, -0.2) is 25.0 Å². The molecule has 2 aromatic rings. The Labute approximate surface area is 161 Å². The predicted molar refractivity (Wildman–Crippen MR) is 107 cm³/mol. The first kappa shape index (κ1) is 20.5. The van der Waals surface area contributed by atoms with Gasteiger partial charge in [-0.1, -0.05) is 42.7 Å². The highest BCUT2D eigenvalue weighted by Crippen LogP contribution is 2.13. The Morgan fingerprint density at radius 1 is 1.00 bits per heavy atom. The van der Waals surface area contributed by atoms with Crippen LogP contribution < -0.4 is 15.4 Å². The van der Waals surface area contributed by atoms with Gasteiger partial charge in [-0.25, -0.2) is 0 Å². The van der Waals surface area contributed by atoms with E-state index in [-0.39, 0.29) is 18.4 Å². The van der Waals surface area contributed by atoms with Crippen LogP contribution in [0.1, 0.15) is 46.8 Å². The number of aryl methyl sites for hydroxylation is 2. The summed E-state index contributed by atoms with van der Waals surface area (Å²) in [6, 6.07) is 13.3. The fraction of sp³-hybridized carbons (Fsp3) is 0.364. The molecule has 0 aliphatic carbocycles. The van der Waals surface area contributed by atoms with Gasteiger partial charge in [-0.2, -0.15) is 0 Å². The minimum atomic E-state index is -0.247. The summed E-state index contributed by atoms with van der Waals surface area (Å²) in [4.78, 5) is 24.2. The molecular weight excluding hydrogens is 340 g/mol. The van der Waals surface area contributed by atoms with E-state index < -0.39 is 0 Å². The van der Waals surface area contributed by atoms with Gasteiger partial charge < -0.3 is 15.4 Å². The van der Waals surface area contributed by atoms with Gasteiger partial charge in [0.2, 0.25) is 5.91 Å². The molecule has 2 amide bonds. The molecule has 0 aliphatic rings. The van der Waals surface area contributed by atoms with E-state index in [2.05, 4.69) is 17.6 Å². The lowest BCUT2D eigenvalue weighted by Crippen LogP contribution is -2.36. The number of hydrogen-bond donors (Lipinski definition) is 2. The molecule has 0 heterocycles. The van der Waals surface area contributed by atoms with Crippen molar-refractivity contribution in [3.05, 3.63) is 64.7 Å². The zero-order valence-electron chi connectivity index (χ0n) is 16.3. The lowest BCUT2D eigenvalue weighted by Gasteiger charge is -2.10. The van der Waals surface area contributed by atoms with Gasteiger partial charge in [-0.05, 0) is 50.1 Å². The Hall–Kier alpha value is -2.82. The topological polar surface area (TPSA) is 67.4 Å². The molecule has 2 N–H and O–H groups in total. The zero-order chi connectivity index (χ0) is 19.6. The molecule has 144 valence electrons. The van der Waals surface area contributed by atoms with E-state index in [1.165, 1.54) is 0 Å². The summed E-state index contributed by atoms with van der Waals surface area (Å²) < 4.78 is 5.67. The minimum absolute atomic E-state index is 0.0570. The van der Waals surface area contributed by atoms with Crippen LogP contribution in [0.5, 0.6) is 5.75 Å². The van der Waals surface area contributed by atoms with E-state index in [1.54, 1.807) is 0 Å². The Kier molecular flexibility index (Phi) is 7.86. The largest absolute Gasteiger partial charge is 0.494 e. The highest BCUT2D eigenvalue weighted by atomic mass is 16.5. The highest BCUT2D eigenvalue weighted by molar-refractivity contribution is 5.96. The Morgan fingerprint density at radius 3 is 2.44 bits per heavy atom. The van der Waals surface area contributed by atoms with Gasteiger partial charge in [0, 0.05) is 12.1 Å². The van der Waals surface area contributed by atoms with Crippen LogP contribution in [0.4, 0.5) is 0 Å². The van der Waals surface area contributed by atoms with Crippen molar-refractivity contribution in [3.8, 4) is 5.75 Å². The number of carbonyl (C=O) groups is 2. The average Bonchev–Trinajstić information content (AvgIpc) is 2.64. The van der Waals surface area contributed by atoms with Crippen LogP contribution in [0.3, 0.4) is 0 Å². The average molecular weight is 368 g/mol. The van der Waals surface area contributed by atoms with Crippen LogP contribution in [-0.2, 0) is 11.3 Å². The molecule has 5 nitrogen and oxygen atoms in total. The monoisotopic (exact) mass is 368 g/mol. The van der Waals surface area contributed by atoms with E-state index >= 15 is 0 Å². The van der Waals surface area contributed by atoms with Crippen molar-refractivity contribution < 1.29 is 14.3 Å². The fourth-order valence-electron chi connectivity index (χ4n) is 2.71. The molecule has 2 aromatic carbocycles. The summed E-state index contributed by atoms with van der Waals surface area (Å²) >= 11 is 0. The molecule has 2 rings (SSSR count). The number of amides is 2. The first-order valence-corrected chi connectivity index (χ1v) is 9.33. The van der Waals surface area contributed by atoms with Crippen LogP contribution in [0.15, 0.2) is 42.5 Å². The maximum absolute atomic E-state index is 12.2. The van der Waals surface area contributed by atoms with Crippen LogP contribution >= 0.6 is 0 Å². The number of ether oxygens (including phenoxy) is 1. The van der Waals surface area contributed by atoms with E-state index in [9.17, 15) is 9.59 Å². The molecule has 0 fully saturated rings. The van der Waals surface area contributed by atoms with Gasteiger partial charge >= 0.3 is 0 Å². The quantitative estimate of drug-likeness (QED) is 0.666. The lowest BCUT2D eigenvalue weighted by atomic mass is 10.1. The summed E-state index contributed by atoms with van der Waals surface area (Å²) in [6.45, 7) is 7.03. The first-order chi connectivity index (χ1) is 13.0. The van der Waals surface area contributed by atoms with E-state index in [0.29, 0.717) is 18.7 Å². The summed E-state index contributed by atoms with van der Waals surface area (Å²) in [5.41, 5.74) is 3.56. The number of unbranched alkanes of at least 4 members (excludes halogenated alkanes) is 1. The van der Waals surface area contributed by atoms with Crippen LogP contribution in [0, 0.1) is 13.8 Å². The molecule has 27 heavy (non-hydrogen) atoms. The lowest BCUT2D eigenvalue weighted by molar-refractivity contribution is -0.120. The summed E-state index contributed by atoms with van der Waals surface area (Å²) in [7, 11) is 0. The van der Waals surface area contributed by atoms with Crippen molar-refractivity contribution in [2.75, 3.05) is 13.2 Å². The molecule has 0 spiro atoms. The molecule has 0 aromatic heterocycles. The molecule has 0 bridgehead atoms. The number of carbonyl (C=O) groups excluding carboxylic acids is 2. The smallest absolute Gasteiger partial charge is 0.251 e. The fourth-order valence-corrected chi connectivity index (χ4v) is 2.71. The van der Waals surface area contributed by atoms with E-state index in [0.717, 1.165) is 35.3 Å². The maximum atomic E-state index is 12.2. The molecule has 0 saturated carbocycles. The molecule has 0 saturated heterocycles. The van der Waals surface area contributed by atoms with Crippen molar-refractivity contribution in [1.82, 2.24) is 10.6 Å². The Morgan fingerprint density at radius 2 is 1.74 bits per heavy atom. The van der Waals surface area contributed by atoms with Crippen LogP contribution in [0.25, 0.3) is 0 Å². The second kappa shape index (κ2) is 10.4. The Balaban J connectivity index is 1.79. The van der Waals surface area contributed by atoms with Crippen molar-refractivity contribution in [3.63, 3.8) is 0 Å². The van der Waals surface area contributed by atoms with Gasteiger partial charge in [0.05, 0.1) is 13.2 Å². The summed E-state index contributed by atoms with van der Waals surface area (Å²) in [5.74, 6) is 0.326. The minimum Gasteiger partial charge on any atom is -0.494 e. The number of nitrogens with one attached hydrogen (secondary N) is 2. The van der Waals surface area contributed by atoms with Gasteiger partial charge in [-0.15, -0.1) is 0 Å². The molecule has 0 radical (unpaired) electrons. The van der Waals surface area contributed by atoms with Crippen molar-refractivity contribution in [2.45, 2.75) is 40.2 Å². The predicted octanol–water partition coefficient (Wildman–Crippen LogP) is 3.53. The van der Waals surface area contributed by atoms with Gasteiger partial charge in [0.15, 0.2) is 0 Å².